The van der Waals surface area contributed by atoms with Crippen LogP contribution in [0, 0.1) is 17.1 Å². The van der Waals surface area contributed by atoms with Gasteiger partial charge in [-0.15, -0.1) is 23.7 Å². The SMILES string of the molecule is Cl.N#Cc1c(NC(=O)CS(=O)(=O)c2ccc(F)cc2)sc2c1CCN(Cc1ccccc1)C2. The second kappa shape index (κ2) is 10.4. The van der Waals surface area contributed by atoms with Crippen molar-refractivity contribution in [3.63, 3.8) is 0 Å². The predicted molar refractivity (Wildman–Crippen MR) is 128 cm³/mol. The lowest BCUT2D eigenvalue weighted by Gasteiger charge is -2.26. The van der Waals surface area contributed by atoms with Gasteiger partial charge < -0.3 is 5.32 Å². The molecular weight excluding hydrogens is 485 g/mol. The number of nitrogens with zero attached hydrogens (tertiary/aromatic N) is 2. The number of hydrogen-bond donors (Lipinski definition) is 1. The molecule has 2 aromatic carbocycles. The van der Waals surface area contributed by atoms with Gasteiger partial charge in [-0.2, -0.15) is 5.26 Å². The predicted octanol–water partition coefficient (Wildman–Crippen LogP) is 4.15. The fourth-order valence-corrected chi connectivity index (χ4v) is 6.09. The molecule has 1 aliphatic heterocycles. The van der Waals surface area contributed by atoms with Gasteiger partial charge >= 0.3 is 0 Å². The van der Waals surface area contributed by atoms with Crippen LogP contribution in [0.4, 0.5) is 9.39 Å². The van der Waals surface area contributed by atoms with Gasteiger partial charge in [0, 0.05) is 24.5 Å². The molecule has 1 aromatic heterocycles. The molecule has 3 aromatic rings. The van der Waals surface area contributed by atoms with Gasteiger partial charge in [-0.05, 0) is 41.8 Å². The van der Waals surface area contributed by atoms with Gasteiger partial charge in [0.15, 0.2) is 9.84 Å². The molecule has 10 heteroatoms. The maximum absolute atomic E-state index is 13.1. The monoisotopic (exact) mass is 505 g/mol. The summed E-state index contributed by atoms with van der Waals surface area (Å²) in [6.45, 7) is 2.24. The minimum absolute atomic E-state index is 0. The molecule has 0 spiro atoms. The van der Waals surface area contributed by atoms with Crippen molar-refractivity contribution in [3.8, 4) is 6.07 Å². The third kappa shape index (κ3) is 5.78. The molecule has 0 atom stereocenters. The van der Waals surface area contributed by atoms with Crippen LogP contribution >= 0.6 is 23.7 Å². The number of halogens is 2. The Bertz CT molecular complexity index is 1290. The minimum atomic E-state index is -3.93. The standard InChI is InChI=1S/C23H20FN3O3S2.ClH/c24-17-6-8-18(9-7-17)32(29,30)15-22(28)26-23-20(12-25)19-10-11-27(14-21(19)31-23)13-16-4-2-1-3-5-16;/h1-9H,10-11,13-15H2,(H,26,28);1H. The van der Waals surface area contributed by atoms with Crippen molar-refractivity contribution in [2.45, 2.75) is 24.4 Å². The van der Waals surface area contributed by atoms with Crippen LogP contribution in [0.3, 0.4) is 0 Å². The number of anilines is 1. The number of thiophene rings is 1. The third-order valence-corrected chi connectivity index (χ3v) is 8.01. The smallest absolute Gasteiger partial charge is 0.240 e. The van der Waals surface area contributed by atoms with Gasteiger partial charge in [-0.25, -0.2) is 12.8 Å². The fraction of sp³-hybridized carbons (Fsp3) is 0.217. The van der Waals surface area contributed by atoms with E-state index < -0.39 is 27.3 Å². The third-order valence-electron chi connectivity index (χ3n) is 5.24. The van der Waals surface area contributed by atoms with E-state index in [1.54, 1.807) is 0 Å². The molecule has 0 bridgehead atoms. The molecule has 6 nitrogen and oxygen atoms in total. The summed E-state index contributed by atoms with van der Waals surface area (Å²) < 4.78 is 38.0. The minimum Gasteiger partial charge on any atom is -0.316 e. The number of carbonyl (C=O) groups is 1. The number of hydrogen-bond acceptors (Lipinski definition) is 6. The summed E-state index contributed by atoms with van der Waals surface area (Å²) in [5.74, 6) is -2.07. The normalized spacial score (nSPS) is 13.5. The topological polar surface area (TPSA) is 90.3 Å². The Hall–Kier alpha value is -2.77. The van der Waals surface area contributed by atoms with Crippen molar-refractivity contribution in [2.24, 2.45) is 0 Å². The zero-order chi connectivity index (χ0) is 22.7. The van der Waals surface area contributed by atoms with E-state index in [-0.39, 0.29) is 17.3 Å². The number of nitriles is 1. The van der Waals surface area contributed by atoms with Crippen molar-refractivity contribution in [2.75, 3.05) is 17.6 Å². The number of amides is 1. The molecule has 0 aliphatic carbocycles. The lowest BCUT2D eigenvalue weighted by atomic mass is 10.0. The molecule has 1 N–H and O–H groups in total. The van der Waals surface area contributed by atoms with E-state index in [4.69, 9.17) is 0 Å². The number of nitrogens with one attached hydrogen (secondary N) is 1. The Morgan fingerprint density at radius 3 is 2.52 bits per heavy atom. The quantitative estimate of drug-likeness (QED) is 0.508. The van der Waals surface area contributed by atoms with Gasteiger partial charge in [0.25, 0.3) is 0 Å². The number of rotatable bonds is 6. The first kappa shape index (κ1) is 24.9. The molecular formula is C23H21ClFN3O3S2. The number of fused-ring (bicyclic) bond motifs is 1. The summed E-state index contributed by atoms with van der Waals surface area (Å²) in [6, 6.07) is 16.6. The van der Waals surface area contributed by atoms with E-state index >= 15 is 0 Å². The van der Waals surface area contributed by atoms with E-state index in [1.165, 1.54) is 16.9 Å². The molecule has 1 amide bonds. The fourth-order valence-electron chi connectivity index (χ4n) is 3.70. The average Bonchev–Trinajstić information content (AvgIpc) is 3.10. The molecule has 0 saturated carbocycles. The molecule has 172 valence electrons. The zero-order valence-electron chi connectivity index (χ0n) is 17.5. The highest BCUT2D eigenvalue weighted by Crippen LogP contribution is 2.37. The van der Waals surface area contributed by atoms with Gasteiger partial charge in [0.1, 0.15) is 22.6 Å². The first-order chi connectivity index (χ1) is 15.4. The first-order valence-electron chi connectivity index (χ1n) is 9.95. The summed E-state index contributed by atoms with van der Waals surface area (Å²) in [5, 5.41) is 12.6. The molecule has 2 heterocycles. The van der Waals surface area contributed by atoms with Crippen LogP contribution < -0.4 is 5.32 Å². The lowest BCUT2D eigenvalue weighted by Crippen LogP contribution is -2.29. The van der Waals surface area contributed by atoms with Crippen molar-refractivity contribution in [1.82, 2.24) is 4.90 Å². The summed E-state index contributed by atoms with van der Waals surface area (Å²) in [4.78, 5) is 15.6. The van der Waals surface area contributed by atoms with E-state index in [2.05, 4.69) is 28.4 Å². The first-order valence-corrected chi connectivity index (χ1v) is 12.4. The molecule has 0 saturated heterocycles. The van der Waals surface area contributed by atoms with Crippen LogP contribution in [0.15, 0.2) is 59.5 Å². The van der Waals surface area contributed by atoms with Crippen LogP contribution in [-0.4, -0.2) is 31.5 Å². The highest BCUT2D eigenvalue weighted by Gasteiger charge is 2.27. The van der Waals surface area contributed by atoms with E-state index in [9.17, 15) is 22.9 Å². The Morgan fingerprint density at radius 1 is 1.15 bits per heavy atom. The largest absolute Gasteiger partial charge is 0.316 e. The van der Waals surface area contributed by atoms with E-state index in [0.717, 1.165) is 47.8 Å². The van der Waals surface area contributed by atoms with Crippen LogP contribution in [0.5, 0.6) is 0 Å². The molecule has 1 aliphatic rings. The number of sulfone groups is 1. The van der Waals surface area contributed by atoms with Crippen LogP contribution in [0.25, 0.3) is 0 Å². The second-order valence-corrected chi connectivity index (χ2v) is 10.6. The maximum atomic E-state index is 13.1. The average molecular weight is 506 g/mol. The van der Waals surface area contributed by atoms with Crippen molar-refractivity contribution < 1.29 is 17.6 Å². The van der Waals surface area contributed by atoms with Gasteiger partial charge in [0.05, 0.1) is 10.5 Å². The Morgan fingerprint density at radius 2 is 1.85 bits per heavy atom. The summed E-state index contributed by atoms with van der Waals surface area (Å²) in [7, 11) is -3.93. The van der Waals surface area contributed by atoms with Crippen LogP contribution in [0.2, 0.25) is 0 Å². The molecule has 4 rings (SSSR count). The Labute approximate surface area is 202 Å². The number of carbonyl (C=O) groups excluding carboxylic acids is 1. The summed E-state index contributed by atoms with van der Waals surface area (Å²) in [5.41, 5.74) is 2.52. The van der Waals surface area contributed by atoms with Crippen molar-refractivity contribution in [1.29, 1.82) is 5.26 Å². The van der Waals surface area contributed by atoms with Crippen LogP contribution in [0.1, 0.15) is 21.6 Å². The molecule has 0 unspecified atom stereocenters. The Kier molecular flexibility index (Phi) is 7.87. The summed E-state index contributed by atoms with van der Waals surface area (Å²) >= 11 is 1.31. The lowest BCUT2D eigenvalue weighted by molar-refractivity contribution is -0.113. The van der Waals surface area contributed by atoms with Gasteiger partial charge in [-0.3, -0.25) is 9.69 Å². The molecule has 0 fully saturated rings. The van der Waals surface area contributed by atoms with Gasteiger partial charge in [-0.1, -0.05) is 30.3 Å². The zero-order valence-corrected chi connectivity index (χ0v) is 19.9. The highest BCUT2D eigenvalue weighted by atomic mass is 35.5. The highest BCUT2D eigenvalue weighted by molar-refractivity contribution is 7.92. The van der Waals surface area contributed by atoms with Crippen molar-refractivity contribution >= 4 is 44.5 Å². The molecule has 33 heavy (non-hydrogen) atoms. The van der Waals surface area contributed by atoms with Gasteiger partial charge in [0.2, 0.25) is 5.91 Å². The maximum Gasteiger partial charge on any atom is 0.240 e. The Balaban J connectivity index is 0.00000306. The second-order valence-electron chi connectivity index (χ2n) is 7.53. The summed E-state index contributed by atoms with van der Waals surface area (Å²) in [6.07, 6.45) is 0.686. The number of benzene rings is 2. The van der Waals surface area contributed by atoms with E-state index in [1.807, 2.05) is 18.2 Å². The van der Waals surface area contributed by atoms with Crippen molar-refractivity contribution in [3.05, 3.63) is 82.0 Å². The van der Waals surface area contributed by atoms with E-state index in [0.29, 0.717) is 23.5 Å². The van der Waals surface area contributed by atoms with Crippen LogP contribution in [-0.2, 0) is 34.1 Å². The molecule has 0 radical (unpaired) electrons.